The Morgan fingerprint density at radius 3 is 2.88 bits per heavy atom. The Morgan fingerprint density at radius 1 is 1.31 bits per heavy atom. The molecule has 6 heteroatoms. The second-order valence-electron chi connectivity index (χ2n) is 6.63. The van der Waals surface area contributed by atoms with Crippen LogP contribution in [-0.4, -0.2) is 28.6 Å². The molecule has 4 nitrogen and oxygen atoms in total. The van der Waals surface area contributed by atoms with Crippen LogP contribution in [0.3, 0.4) is 0 Å². The van der Waals surface area contributed by atoms with E-state index in [2.05, 4.69) is 16.9 Å². The van der Waals surface area contributed by atoms with E-state index in [1.807, 2.05) is 36.6 Å². The number of aryl methyl sites for hydroxylation is 1. The molecule has 134 valence electrons. The normalized spacial score (nSPS) is 16.5. The molecule has 0 saturated carbocycles. The second-order valence-corrected chi connectivity index (χ2v) is 8.48. The number of carbonyl (C=O) groups excluding carboxylic acids is 1. The standard InChI is InChI=1S/C20H20N2O2S2/c1-12-8-9-14-16(10-12)26-19-17(14)18(21-20(22-19)25-2)24-11-15(23)13-6-4-3-5-7-13/h3-7,12H,8-11H2,1-2H3/t12-/m1/s1. The minimum Gasteiger partial charge on any atom is -0.469 e. The zero-order valence-corrected chi connectivity index (χ0v) is 16.5. The molecule has 0 spiro atoms. The Kier molecular flexibility index (Phi) is 4.96. The number of carbonyl (C=O) groups is 1. The lowest BCUT2D eigenvalue weighted by Crippen LogP contribution is -2.13. The minimum atomic E-state index is -0.0409. The Morgan fingerprint density at radius 2 is 2.12 bits per heavy atom. The van der Waals surface area contributed by atoms with Gasteiger partial charge in [-0.25, -0.2) is 4.98 Å². The molecule has 0 amide bonds. The highest BCUT2D eigenvalue weighted by molar-refractivity contribution is 7.98. The van der Waals surface area contributed by atoms with E-state index < -0.39 is 0 Å². The van der Waals surface area contributed by atoms with E-state index in [9.17, 15) is 4.79 Å². The Balaban J connectivity index is 1.68. The molecule has 0 N–H and O–H groups in total. The Hall–Kier alpha value is -1.92. The minimum absolute atomic E-state index is 0.00896. The SMILES string of the molecule is CSc1nc(OCC(=O)c2ccccc2)c2c3c(sc2n1)C[C@H](C)CC3. The fourth-order valence-electron chi connectivity index (χ4n) is 3.33. The summed E-state index contributed by atoms with van der Waals surface area (Å²) in [7, 11) is 0. The molecule has 26 heavy (non-hydrogen) atoms. The molecule has 0 saturated heterocycles. The number of ether oxygens (including phenoxy) is 1. The molecule has 1 aliphatic rings. The van der Waals surface area contributed by atoms with Crippen molar-refractivity contribution in [2.45, 2.75) is 31.3 Å². The first-order valence-electron chi connectivity index (χ1n) is 8.73. The van der Waals surface area contributed by atoms with Gasteiger partial charge in [-0.2, -0.15) is 4.98 Å². The molecule has 1 aliphatic carbocycles. The van der Waals surface area contributed by atoms with Crippen molar-refractivity contribution in [2.24, 2.45) is 5.92 Å². The van der Waals surface area contributed by atoms with Crippen LogP contribution in [-0.2, 0) is 12.8 Å². The van der Waals surface area contributed by atoms with Crippen molar-refractivity contribution < 1.29 is 9.53 Å². The van der Waals surface area contributed by atoms with Crippen LogP contribution < -0.4 is 4.74 Å². The maximum absolute atomic E-state index is 12.4. The molecular formula is C20H20N2O2S2. The molecule has 0 fully saturated rings. The van der Waals surface area contributed by atoms with Crippen LogP contribution >= 0.6 is 23.1 Å². The largest absolute Gasteiger partial charge is 0.469 e. The molecule has 4 rings (SSSR count). The third kappa shape index (κ3) is 3.35. The maximum Gasteiger partial charge on any atom is 0.227 e. The van der Waals surface area contributed by atoms with Gasteiger partial charge in [0.15, 0.2) is 17.5 Å². The molecular weight excluding hydrogens is 364 g/mol. The van der Waals surface area contributed by atoms with Crippen molar-refractivity contribution in [3.05, 3.63) is 46.3 Å². The van der Waals surface area contributed by atoms with E-state index in [4.69, 9.17) is 4.74 Å². The van der Waals surface area contributed by atoms with E-state index in [1.165, 1.54) is 28.6 Å². The summed E-state index contributed by atoms with van der Waals surface area (Å²) < 4.78 is 5.92. The van der Waals surface area contributed by atoms with Crippen LogP contribution in [0, 0.1) is 5.92 Å². The summed E-state index contributed by atoms with van der Waals surface area (Å²) in [5.41, 5.74) is 1.97. The third-order valence-corrected chi connectivity index (χ3v) is 6.42. The predicted molar refractivity (Wildman–Crippen MR) is 107 cm³/mol. The average Bonchev–Trinajstić information content (AvgIpc) is 3.03. The number of thiophene rings is 1. The van der Waals surface area contributed by atoms with Gasteiger partial charge in [-0.1, -0.05) is 49.0 Å². The molecule has 2 aromatic heterocycles. The lowest BCUT2D eigenvalue weighted by molar-refractivity contribution is 0.0919. The first-order valence-corrected chi connectivity index (χ1v) is 10.8. The molecule has 0 aliphatic heterocycles. The van der Waals surface area contributed by atoms with Gasteiger partial charge in [-0.05, 0) is 37.0 Å². The van der Waals surface area contributed by atoms with Crippen molar-refractivity contribution in [2.75, 3.05) is 12.9 Å². The average molecular weight is 385 g/mol. The highest BCUT2D eigenvalue weighted by Crippen LogP contribution is 2.41. The fourth-order valence-corrected chi connectivity index (χ4v) is 5.12. The van der Waals surface area contributed by atoms with Gasteiger partial charge in [0.05, 0.1) is 5.39 Å². The summed E-state index contributed by atoms with van der Waals surface area (Å²) in [5.74, 6) is 1.21. The van der Waals surface area contributed by atoms with Gasteiger partial charge in [-0.15, -0.1) is 11.3 Å². The summed E-state index contributed by atoms with van der Waals surface area (Å²) in [5, 5.41) is 1.70. The number of fused-ring (bicyclic) bond motifs is 3. The predicted octanol–water partition coefficient (Wildman–Crippen LogP) is 4.80. The summed E-state index contributed by atoms with van der Waals surface area (Å²) in [4.78, 5) is 24.0. The van der Waals surface area contributed by atoms with E-state index in [-0.39, 0.29) is 12.4 Å². The summed E-state index contributed by atoms with van der Waals surface area (Å²) >= 11 is 3.24. The number of nitrogens with zero attached hydrogens (tertiary/aromatic N) is 2. The summed E-state index contributed by atoms with van der Waals surface area (Å²) in [6.07, 6.45) is 5.25. The zero-order valence-electron chi connectivity index (χ0n) is 14.8. The van der Waals surface area contributed by atoms with Gasteiger partial charge in [0, 0.05) is 10.4 Å². The number of hydrogen-bond donors (Lipinski definition) is 0. The first kappa shape index (κ1) is 17.5. The number of thioether (sulfide) groups is 1. The molecule has 1 atom stereocenters. The first-order chi connectivity index (χ1) is 12.7. The van der Waals surface area contributed by atoms with E-state index in [0.717, 1.165) is 23.1 Å². The third-order valence-electron chi connectivity index (χ3n) is 4.72. The van der Waals surface area contributed by atoms with Crippen LogP contribution in [0.15, 0.2) is 35.5 Å². The second kappa shape index (κ2) is 7.37. The van der Waals surface area contributed by atoms with E-state index in [0.29, 0.717) is 22.5 Å². The number of benzene rings is 1. The smallest absolute Gasteiger partial charge is 0.227 e. The van der Waals surface area contributed by atoms with E-state index >= 15 is 0 Å². The van der Waals surface area contributed by atoms with Crippen LogP contribution in [0.5, 0.6) is 5.88 Å². The number of hydrogen-bond acceptors (Lipinski definition) is 6. The lowest BCUT2D eigenvalue weighted by Gasteiger charge is -2.18. The molecule has 2 heterocycles. The molecule has 0 radical (unpaired) electrons. The molecule has 0 bridgehead atoms. The van der Waals surface area contributed by atoms with Gasteiger partial charge in [-0.3, -0.25) is 4.79 Å². The van der Waals surface area contributed by atoms with E-state index in [1.54, 1.807) is 11.3 Å². The fraction of sp³-hybridized carbons (Fsp3) is 0.350. The number of rotatable bonds is 5. The molecule has 3 aromatic rings. The zero-order chi connectivity index (χ0) is 18.1. The van der Waals surface area contributed by atoms with Crippen molar-refractivity contribution in [1.82, 2.24) is 9.97 Å². The molecule has 1 aromatic carbocycles. The van der Waals surface area contributed by atoms with Crippen LogP contribution in [0.4, 0.5) is 0 Å². The highest BCUT2D eigenvalue weighted by Gasteiger charge is 2.25. The van der Waals surface area contributed by atoms with Crippen LogP contribution in [0.25, 0.3) is 10.2 Å². The van der Waals surface area contributed by atoms with Crippen molar-refractivity contribution in [3.8, 4) is 5.88 Å². The van der Waals surface area contributed by atoms with Gasteiger partial charge in [0.2, 0.25) is 5.88 Å². The number of ketones is 1. The van der Waals surface area contributed by atoms with Crippen molar-refractivity contribution >= 4 is 39.1 Å². The van der Waals surface area contributed by atoms with Crippen molar-refractivity contribution in [1.29, 1.82) is 0 Å². The Labute approximate surface area is 161 Å². The van der Waals surface area contributed by atoms with Gasteiger partial charge < -0.3 is 4.74 Å². The van der Waals surface area contributed by atoms with Gasteiger partial charge in [0.25, 0.3) is 0 Å². The topological polar surface area (TPSA) is 52.1 Å². The highest BCUT2D eigenvalue weighted by atomic mass is 32.2. The monoisotopic (exact) mass is 384 g/mol. The van der Waals surface area contributed by atoms with Crippen LogP contribution in [0.1, 0.15) is 34.1 Å². The van der Waals surface area contributed by atoms with Crippen molar-refractivity contribution in [3.63, 3.8) is 0 Å². The number of Topliss-reactive ketones (excluding diaryl/α,β-unsaturated/α-hetero) is 1. The summed E-state index contributed by atoms with van der Waals surface area (Å²) in [6.45, 7) is 2.28. The lowest BCUT2D eigenvalue weighted by atomic mass is 9.89. The van der Waals surface area contributed by atoms with Gasteiger partial charge >= 0.3 is 0 Å². The van der Waals surface area contributed by atoms with Gasteiger partial charge in [0.1, 0.15) is 4.83 Å². The molecule has 0 unspecified atom stereocenters. The Bertz CT molecular complexity index is 953. The quantitative estimate of drug-likeness (QED) is 0.359. The maximum atomic E-state index is 12.4. The number of aromatic nitrogens is 2. The summed E-state index contributed by atoms with van der Waals surface area (Å²) in [6, 6.07) is 9.23. The van der Waals surface area contributed by atoms with Crippen LogP contribution in [0.2, 0.25) is 0 Å².